The summed E-state index contributed by atoms with van der Waals surface area (Å²) in [6.45, 7) is 0.985. The number of hydrogen-bond acceptors (Lipinski definition) is 4. The van der Waals surface area contributed by atoms with Crippen LogP contribution in [0.2, 0.25) is 0 Å². The summed E-state index contributed by atoms with van der Waals surface area (Å²) < 4.78 is 0. The van der Waals surface area contributed by atoms with Gasteiger partial charge in [0.1, 0.15) is 5.75 Å². The molecule has 0 saturated carbocycles. The van der Waals surface area contributed by atoms with E-state index in [9.17, 15) is 14.7 Å². The maximum Gasteiger partial charge on any atom is 0.261 e. The van der Waals surface area contributed by atoms with Crippen LogP contribution in [0, 0.1) is 0 Å². The molecule has 4 rings (SSSR count). The van der Waals surface area contributed by atoms with E-state index in [0.717, 1.165) is 21.9 Å². The van der Waals surface area contributed by atoms with Crippen LogP contribution in [0.15, 0.2) is 54.6 Å². The number of benzene rings is 3. The zero-order valence-electron chi connectivity index (χ0n) is 16.4. The molecule has 0 bridgehead atoms. The van der Waals surface area contributed by atoms with E-state index in [1.165, 1.54) is 4.90 Å². The van der Waals surface area contributed by atoms with Gasteiger partial charge in [0.2, 0.25) is 0 Å². The van der Waals surface area contributed by atoms with E-state index >= 15 is 0 Å². The minimum Gasteiger partial charge on any atom is -0.508 e. The minimum absolute atomic E-state index is 0.222. The number of nitrogens with zero attached hydrogens (tertiary/aromatic N) is 2. The first-order valence-corrected chi connectivity index (χ1v) is 9.49. The lowest BCUT2D eigenvalue weighted by Crippen LogP contribution is -2.43. The third-order valence-corrected chi connectivity index (χ3v) is 5.14. The van der Waals surface area contributed by atoms with Crippen molar-refractivity contribution in [1.29, 1.82) is 0 Å². The summed E-state index contributed by atoms with van der Waals surface area (Å²) in [4.78, 5) is 29.3. The van der Waals surface area contributed by atoms with Crippen LogP contribution in [0.5, 0.6) is 5.75 Å². The Morgan fingerprint density at radius 3 is 2.28 bits per heavy atom. The predicted octanol–water partition coefficient (Wildman–Crippen LogP) is 3.87. The van der Waals surface area contributed by atoms with Gasteiger partial charge >= 0.3 is 0 Å². The van der Waals surface area contributed by atoms with Gasteiger partial charge < -0.3 is 10.0 Å². The number of aromatic hydroxyl groups is 1. The molecule has 1 aliphatic rings. The molecule has 29 heavy (non-hydrogen) atoms. The first kappa shape index (κ1) is 18.9. The number of carbonyl (C=O) groups is 2. The minimum atomic E-state index is -0.241. The van der Waals surface area contributed by atoms with Crippen molar-refractivity contribution in [3.8, 4) is 5.75 Å². The zero-order chi connectivity index (χ0) is 20.5. The predicted molar refractivity (Wildman–Crippen MR) is 115 cm³/mol. The fraction of sp³-hybridized carbons (Fsp3) is 0.167. The second kappa shape index (κ2) is 7.53. The smallest absolute Gasteiger partial charge is 0.261 e. The second-order valence-electron chi connectivity index (χ2n) is 7.42. The van der Waals surface area contributed by atoms with E-state index in [0.29, 0.717) is 24.2 Å². The maximum atomic E-state index is 13.0. The van der Waals surface area contributed by atoms with Crippen LogP contribution in [-0.2, 0) is 0 Å². The molecule has 1 heterocycles. The van der Waals surface area contributed by atoms with E-state index in [4.69, 9.17) is 0 Å². The number of imide groups is 1. The van der Waals surface area contributed by atoms with E-state index in [-0.39, 0.29) is 17.6 Å². The molecule has 0 fully saturated rings. The fourth-order valence-corrected chi connectivity index (χ4v) is 3.59. The standard InChI is InChI=1S/C24H22N2O3/c1-25(2)14-15-26-23(28)20-5-3-4-19-17(10-13-21(22(19)20)24(26)29)9-6-16-7-11-18(27)12-8-16/h3-13,27H,14-15H2,1-2H3/b9-6+. The van der Waals surface area contributed by atoms with Crippen LogP contribution >= 0.6 is 0 Å². The van der Waals surface area contributed by atoms with Crippen molar-refractivity contribution in [2.24, 2.45) is 0 Å². The van der Waals surface area contributed by atoms with E-state index in [2.05, 4.69) is 0 Å². The van der Waals surface area contributed by atoms with Crippen LogP contribution in [-0.4, -0.2) is 53.9 Å². The second-order valence-corrected chi connectivity index (χ2v) is 7.42. The third kappa shape index (κ3) is 3.52. The average Bonchev–Trinajstić information content (AvgIpc) is 2.71. The molecule has 0 unspecified atom stereocenters. The topological polar surface area (TPSA) is 60.9 Å². The summed E-state index contributed by atoms with van der Waals surface area (Å²) in [5, 5.41) is 11.0. The first-order chi connectivity index (χ1) is 14.0. The quantitative estimate of drug-likeness (QED) is 0.534. The molecule has 0 spiro atoms. The Labute approximate surface area is 169 Å². The molecule has 0 atom stereocenters. The molecule has 0 aromatic heterocycles. The third-order valence-electron chi connectivity index (χ3n) is 5.14. The average molecular weight is 386 g/mol. The van der Waals surface area contributed by atoms with Gasteiger partial charge in [0.25, 0.3) is 11.8 Å². The number of rotatable bonds is 5. The first-order valence-electron chi connectivity index (χ1n) is 9.49. The molecule has 2 amide bonds. The van der Waals surface area contributed by atoms with Gasteiger partial charge in [-0.15, -0.1) is 0 Å². The van der Waals surface area contributed by atoms with Crippen LogP contribution < -0.4 is 0 Å². The van der Waals surface area contributed by atoms with E-state index in [1.807, 2.05) is 61.5 Å². The Bertz CT molecular complexity index is 1110. The molecule has 0 radical (unpaired) electrons. The van der Waals surface area contributed by atoms with Crippen molar-refractivity contribution >= 4 is 34.7 Å². The lowest BCUT2D eigenvalue weighted by atomic mass is 9.91. The van der Waals surface area contributed by atoms with Crippen molar-refractivity contribution in [3.63, 3.8) is 0 Å². The Balaban J connectivity index is 1.76. The lowest BCUT2D eigenvalue weighted by Gasteiger charge is -2.28. The summed E-state index contributed by atoms with van der Waals surface area (Å²) in [6.07, 6.45) is 3.90. The van der Waals surface area contributed by atoms with Gasteiger partial charge in [-0.25, -0.2) is 0 Å². The highest BCUT2D eigenvalue weighted by Gasteiger charge is 2.32. The number of phenols is 1. The summed E-state index contributed by atoms with van der Waals surface area (Å²) in [5.41, 5.74) is 3.01. The Hall–Kier alpha value is -3.44. The molecular formula is C24H22N2O3. The Morgan fingerprint density at radius 1 is 0.897 bits per heavy atom. The lowest BCUT2D eigenvalue weighted by molar-refractivity contribution is 0.0601. The van der Waals surface area contributed by atoms with E-state index < -0.39 is 0 Å². The number of likely N-dealkylation sites (N-methyl/N-ethyl adjacent to an activating group) is 1. The monoisotopic (exact) mass is 386 g/mol. The van der Waals surface area contributed by atoms with Gasteiger partial charge in [0, 0.05) is 29.6 Å². The zero-order valence-corrected chi connectivity index (χ0v) is 16.4. The van der Waals surface area contributed by atoms with Crippen LogP contribution in [0.4, 0.5) is 0 Å². The molecular weight excluding hydrogens is 364 g/mol. The van der Waals surface area contributed by atoms with Gasteiger partial charge in [-0.05, 0) is 54.9 Å². The molecule has 0 aliphatic carbocycles. The van der Waals surface area contributed by atoms with Crippen molar-refractivity contribution in [2.75, 3.05) is 27.2 Å². The van der Waals surface area contributed by atoms with Crippen molar-refractivity contribution in [3.05, 3.63) is 76.9 Å². The molecule has 5 heteroatoms. The summed E-state index contributed by atoms with van der Waals surface area (Å²) in [6, 6.07) is 16.2. The van der Waals surface area contributed by atoms with Gasteiger partial charge in [-0.3, -0.25) is 14.5 Å². The van der Waals surface area contributed by atoms with Crippen molar-refractivity contribution in [2.45, 2.75) is 0 Å². The molecule has 5 nitrogen and oxygen atoms in total. The van der Waals surface area contributed by atoms with Gasteiger partial charge in [-0.2, -0.15) is 0 Å². The molecule has 1 N–H and O–H groups in total. The van der Waals surface area contributed by atoms with E-state index in [1.54, 1.807) is 24.3 Å². The summed E-state index contributed by atoms with van der Waals surface area (Å²) >= 11 is 0. The van der Waals surface area contributed by atoms with Gasteiger partial charge in [0.15, 0.2) is 0 Å². The van der Waals surface area contributed by atoms with Gasteiger partial charge in [-0.1, -0.05) is 42.5 Å². The number of phenolic OH excluding ortho intramolecular Hbond substituents is 1. The Kier molecular flexibility index (Phi) is 4.91. The largest absolute Gasteiger partial charge is 0.508 e. The van der Waals surface area contributed by atoms with Gasteiger partial charge in [0.05, 0.1) is 0 Å². The maximum absolute atomic E-state index is 13.0. The molecule has 146 valence electrons. The van der Waals surface area contributed by atoms with Crippen molar-refractivity contribution in [1.82, 2.24) is 9.80 Å². The molecule has 3 aromatic rings. The molecule has 0 saturated heterocycles. The molecule has 3 aromatic carbocycles. The van der Waals surface area contributed by atoms with Crippen LogP contribution in [0.1, 0.15) is 31.8 Å². The summed E-state index contributed by atoms with van der Waals surface area (Å²) in [7, 11) is 3.83. The van der Waals surface area contributed by atoms with Crippen LogP contribution in [0.3, 0.4) is 0 Å². The van der Waals surface area contributed by atoms with Crippen molar-refractivity contribution < 1.29 is 14.7 Å². The Morgan fingerprint density at radius 2 is 1.59 bits per heavy atom. The SMILES string of the molecule is CN(C)CCN1C(=O)c2cccc3c(/C=C/c4ccc(O)cc4)ccc(c23)C1=O. The molecule has 1 aliphatic heterocycles. The highest BCUT2D eigenvalue weighted by atomic mass is 16.3. The fourth-order valence-electron chi connectivity index (χ4n) is 3.59. The normalized spacial score (nSPS) is 13.8. The highest BCUT2D eigenvalue weighted by Crippen LogP contribution is 2.33. The van der Waals surface area contributed by atoms with Crippen LogP contribution in [0.25, 0.3) is 22.9 Å². The number of hydrogen-bond donors (Lipinski definition) is 1. The highest BCUT2D eigenvalue weighted by molar-refractivity contribution is 6.26. The number of carbonyl (C=O) groups excluding carboxylic acids is 2. The summed E-state index contributed by atoms with van der Waals surface area (Å²) in [5.74, 6) is -0.260. The number of amides is 2.